The maximum absolute atomic E-state index is 12.6. The minimum atomic E-state index is 0.0868. The second kappa shape index (κ2) is 8.23. The van der Waals surface area contributed by atoms with Gasteiger partial charge in [-0.25, -0.2) is 0 Å². The smallest absolute Gasteiger partial charge is 0.224 e. The van der Waals surface area contributed by atoms with E-state index in [1.54, 1.807) is 7.11 Å². The molecule has 5 heteroatoms. The van der Waals surface area contributed by atoms with Gasteiger partial charge in [-0.05, 0) is 50.4 Å². The van der Waals surface area contributed by atoms with Crippen LogP contribution in [0.2, 0.25) is 0 Å². The first-order valence-corrected chi connectivity index (χ1v) is 9.63. The molecule has 0 unspecified atom stereocenters. The van der Waals surface area contributed by atoms with Gasteiger partial charge in [-0.15, -0.1) is 0 Å². The number of ether oxygens (including phenoxy) is 1. The lowest BCUT2D eigenvalue weighted by Gasteiger charge is -2.15. The van der Waals surface area contributed by atoms with E-state index in [1.165, 1.54) is 33.3 Å². The molecule has 1 fully saturated rings. The normalized spacial score (nSPS) is 17.9. The average Bonchev–Trinajstić information content (AvgIpc) is 3.23. The van der Waals surface area contributed by atoms with Crippen LogP contribution in [0.15, 0.2) is 12.1 Å². The molecule has 3 rings (SSSR count). The summed E-state index contributed by atoms with van der Waals surface area (Å²) in [4.78, 5) is 18.5. The van der Waals surface area contributed by atoms with Crippen molar-refractivity contribution in [3.63, 3.8) is 0 Å². The molecule has 0 aliphatic carbocycles. The van der Waals surface area contributed by atoms with Crippen LogP contribution in [0.5, 0.6) is 0 Å². The number of methoxy groups -OCH3 is 1. The molecule has 0 spiro atoms. The van der Waals surface area contributed by atoms with Gasteiger partial charge in [-0.1, -0.05) is 18.6 Å². The summed E-state index contributed by atoms with van der Waals surface area (Å²) in [6, 6.07) is 4.41. The van der Waals surface area contributed by atoms with E-state index in [2.05, 4.69) is 48.1 Å². The molecule has 2 heterocycles. The highest BCUT2D eigenvalue weighted by Crippen LogP contribution is 2.27. The first-order valence-electron chi connectivity index (χ1n) is 9.63. The number of H-pyrrole nitrogens is 1. The summed E-state index contributed by atoms with van der Waals surface area (Å²) in [7, 11) is 1.72. The van der Waals surface area contributed by atoms with E-state index in [1.807, 2.05) is 0 Å². The van der Waals surface area contributed by atoms with E-state index >= 15 is 0 Å². The Morgan fingerprint density at radius 3 is 2.92 bits per heavy atom. The number of rotatable bonds is 7. The summed E-state index contributed by atoms with van der Waals surface area (Å²) < 4.78 is 5.13. The maximum Gasteiger partial charge on any atom is 0.224 e. The van der Waals surface area contributed by atoms with Crippen molar-refractivity contribution in [3.05, 3.63) is 34.5 Å². The summed E-state index contributed by atoms with van der Waals surface area (Å²) in [5.41, 5.74) is 6.17. The fourth-order valence-corrected chi connectivity index (χ4v) is 4.00. The first-order chi connectivity index (χ1) is 12.5. The van der Waals surface area contributed by atoms with Gasteiger partial charge in [0.05, 0.1) is 18.0 Å². The number of amides is 1. The molecule has 2 aromatic rings. The molecule has 0 radical (unpaired) electrons. The number of carbonyl (C=O) groups is 1. The molecule has 5 nitrogen and oxygen atoms in total. The molecule has 142 valence electrons. The molecular weight excluding hydrogens is 326 g/mol. The van der Waals surface area contributed by atoms with E-state index in [0.717, 1.165) is 39.1 Å². The highest BCUT2D eigenvalue weighted by molar-refractivity contribution is 5.88. The molecule has 2 N–H and O–H groups in total. The van der Waals surface area contributed by atoms with E-state index in [0.29, 0.717) is 6.54 Å². The minimum absolute atomic E-state index is 0.0868. The van der Waals surface area contributed by atoms with Crippen molar-refractivity contribution < 1.29 is 9.53 Å². The summed E-state index contributed by atoms with van der Waals surface area (Å²) in [5, 5.41) is 4.44. The fourth-order valence-electron chi connectivity index (χ4n) is 4.00. The number of aromatic amines is 1. The average molecular weight is 357 g/mol. The van der Waals surface area contributed by atoms with E-state index in [4.69, 9.17) is 4.74 Å². The number of aromatic nitrogens is 1. The third-order valence-electron chi connectivity index (χ3n) is 5.56. The Bertz CT molecular complexity index is 781. The molecule has 0 saturated carbocycles. The third kappa shape index (κ3) is 3.94. The van der Waals surface area contributed by atoms with Gasteiger partial charge in [-0.2, -0.15) is 0 Å². The summed E-state index contributed by atoms with van der Waals surface area (Å²) >= 11 is 0. The Morgan fingerprint density at radius 2 is 2.19 bits per heavy atom. The molecule has 1 saturated heterocycles. The van der Waals surface area contributed by atoms with E-state index < -0.39 is 0 Å². The zero-order chi connectivity index (χ0) is 18.7. The zero-order valence-electron chi connectivity index (χ0n) is 16.4. The van der Waals surface area contributed by atoms with Crippen molar-refractivity contribution in [3.8, 4) is 0 Å². The van der Waals surface area contributed by atoms with Gasteiger partial charge in [0.1, 0.15) is 0 Å². The molecule has 1 aromatic heterocycles. The number of likely N-dealkylation sites (tertiary alicyclic amines) is 1. The predicted molar refractivity (Wildman–Crippen MR) is 105 cm³/mol. The molecule has 1 aliphatic heterocycles. The van der Waals surface area contributed by atoms with Gasteiger partial charge in [0, 0.05) is 37.8 Å². The second-order valence-corrected chi connectivity index (χ2v) is 7.43. The van der Waals surface area contributed by atoms with Crippen molar-refractivity contribution >= 4 is 16.8 Å². The largest absolute Gasteiger partial charge is 0.383 e. The van der Waals surface area contributed by atoms with E-state index in [9.17, 15) is 4.79 Å². The van der Waals surface area contributed by atoms with Gasteiger partial charge in [0.2, 0.25) is 5.91 Å². The lowest BCUT2D eigenvalue weighted by atomic mass is 10.0. The Labute approximate surface area is 156 Å². The van der Waals surface area contributed by atoms with Gasteiger partial charge in [0.15, 0.2) is 0 Å². The number of carbonyl (C=O) groups excluding carboxylic acids is 1. The topological polar surface area (TPSA) is 57.4 Å². The Balaban J connectivity index is 1.67. The Hall–Kier alpha value is -1.85. The number of hydrogen-bond donors (Lipinski definition) is 2. The van der Waals surface area contributed by atoms with Crippen LogP contribution in [0, 0.1) is 19.8 Å². The van der Waals surface area contributed by atoms with Crippen LogP contribution in [-0.2, 0) is 22.5 Å². The van der Waals surface area contributed by atoms with Crippen LogP contribution in [0.1, 0.15) is 35.7 Å². The highest BCUT2D eigenvalue weighted by atomic mass is 16.5. The lowest BCUT2D eigenvalue weighted by Crippen LogP contribution is -2.33. The zero-order valence-corrected chi connectivity index (χ0v) is 16.4. The maximum atomic E-state index is 12.6. The summed E-state index contributed by atoms with van der Waals surface area (Å²) in [5.74, 6) is 0.252. The van der Waals surface area contributed by atoms with E-state index in [-0.39, 0.29) is 11.8 Å². The van der Waals surface area contributed by atoms with Crippen LogP contribution in [0.4, 0.5) is 0 Å². The van der Waals surface area contributed by atoms with Gasteiger partial charge in [0.25, 0.3) is 0 Å². The van der Waals surface area contributed by atoms with Crippen LogP contribution in [0.25, 0.3) is 10.9 Å². The highest BCUT2D eigenvalue weighted by Gasteiger charge is 2.27. The van der Waals surface area contributed by atoms with Crippen molar-refractivity contribution in [2.45, 2.75) is 40.2 Å². The van der Waals surface area contributed by atoms with Gasteiger partial charge >= 0.3 is 0 Å². The molecule has 26 heavy (non-hydrogen) atoms. The second-order valence-electron chi connectivity index (χ2n) is 7.43. The molecular formula is C21H31N3O2. The molecule has 1 aliphatic rings. The van der Waals surface area contributed by atoms with Gasteiger partial charge in [-0.3, -0.25) is 4.79 Å². The number of nitrogens with zero attached hydrogens (tertiary/aromatic N) is 1. The summed E-state index contributed by atoms with van der Waals surface area (Å²) in [6.07, 6.45) is 1.92. The predicted octanol–water partition coefficient (Wildman–Crippen LogP) is 2.93. The minimum Gasteiger partial charge on any atom is -0.383 e. The number of fused-ring (bicyclic) bond motifs is 1. The molecule has 1 aromatic carbocycles. The quantitative estimate of drug-likeness (QED) is 0.801. The molecule has 1 atom stereocenters. The van der Waals surface area contributed by atoms with Crippen LogP contribution < -0.4 is 5.32 Å². The van der Waals surface area contributed by atoms with Crippen LogP contribution in [-0.4, -0.2) is 49.1 Å². The van der Waals surface area contributed by atoms with Gasteiger partial charge < -0.3 is 19.9 Å². The Kier molecular flexibility index (Phi) is 5.99. The number of nitrogens with one attached hydrogen (secondary N) is 2. The standard InChI is InChI=1S/C21H31N3O2/c1-5-19-15(3)18-11-14(2)10-17(20(18)23-19)12-22-21(25)16-6-7-24(13-16)8-9-26-4/h10-11,16,23H,5-9,12-13H2,1-4H3,(H,22,25)/t16-/m0/s1. The van der Waals surface area contributed by atoms with Crippen molar-refractivity contribution in [2.75, 3.05) is 33.4 Å². The SMILES string of the molecule is CCc1[nH]c2c(CNC(=O)[C@H]3CCN(CCOC)C3)cc(C)cc2c1C. The first kappa shape index (κ1) is 18.9. The monoisotopic (exact) mass is 357 g/mol. The molecule has 0 bridgehead atoms. The van der Waals surface area contributed by atoms with Crippen LogP contribution >= 0.6 is 0 Å². The van der Waals surface area contributed by atoms with Crippen LogP contribution in [0.3, 0.4) is 0 Å². The number of aryl methyl sites for hydroxylation is 3. The lowest BCUT2D eigenvalue weighted by molar-refractivity contribution is -0.124. The van der Waals surface area contributed by atoms with Crippen molar-refractivity contribution in [1.82, 2.24) is 15.2 Å². The fraction of sp³-hybridized carbons (Fsp3) is 0.571. The number of hydrogen-bond acceptors (Lipinski definition) is 3. The van der Waals surface area contributed by atoms with Crippen molar-refractivity contribution in [2.24, 2.45) is 5.92 Å². The third-order valence-corrected chi connectivity index (χ3v) is 5.56. The van der Waals surface area contributed by atoms with Crippen molar-refractivity contribution in [1.29, 1.82) is 0 Å². The Morgan fingerprint density at radius 1 is 1.38 bits per heavy atom. The number of benzene rings is 1. The summed E-state index contributed by atoms with van der Waals surface area (Å²) in [6.45, 7) is 10.5. The molecule has 1 amide bonds.